The molecule has 0 saturated carbocycles. The van der Waals surface area contributed by atoms with Gasteiger partial charge in [0.2, 0.25) is 10.0 Å². The van der Waals surface area contributed by atoms with E-state index in [-0.39, 0.29) is 0 Å². The van der Waals surface area contributed by atoms with Crippen LogP contribution in [0.2, 0.25) is 5.02 Å². The van der Waals surface area contributed by atoms with Gasteiger partial charge < -0.3 is 4.90 Å². The average Bonchev–Trinajstić information content (AvgIpc) is 3.05. The Bertz CT molecular complexity index is 1210. The molecule has 0 unspecified atom stereocenters. The Morgan fingerprint density at radius 2 is 1.55 bits per heavy atom. The zero-order valence-corrected chi connectivity index (χ0v) is 19.8. The minimum absolute atomic E-state index is 0.294. The zero-order valence-electron chi connectivity index (χ0n) is 18.3. The molecule has 4 rings (SSSR count). The van der Waals surface area contributed by atoms with Gasteiger partial charge in [0.25, 0.3) is 0 Å². The van der Waals surface area contributed by atoms with Crippen molar-refractivity contribution in [3.8, 4) is 5.69 Å². The lowest BCUT2D eigenvalue weighted by Gasteiger charge is -2.36. The van der Waals surface area contributed by atoms with E-state index in [0.29, 0.717) is 47.5 Å². The number of anilines is 1. The molecule has 6 nitrogen and oxygen atoms in total. The molecular formula is C23H27ClN4O2S. The van der Waals surface area contributed by atoms with Gasteiger partial charge in [0, 0.05) is 36.9 Å². The van der Waals surface area contributed by atoms with Crippen LogP contribution in [-0.4, -0.2) is 48.7 Å². The van der Waals surface area contributed by atoms with E-state index in [1.54, 1.807) is 35.0 Å². The molecule has 0 aliphatic carbocycles. The van der Waals surface area contributed by atoms with Crippen molar-refractivity contribution >= 4 is 27.3 Å². The monoisotopic (exact) mass is 458 g/mol. The van der Waals surface area contributed by atoms with Crippen LogP contribution in [0.4, 0.5) is 5.69 Å². The summed E-state index contributed by atoms with van der Waals surface area (Å²) < 4.78 is 30.3. The van der Waals surface area contributed by atoms with Crippen LogP contribution < -0.4 is 4.90 Å². The van der Waals surface area contributed by atoms with Crippen molar-refractivity contribution in [2.24, 2.45) is 0 Å². The van der Waals surface area contributed by atoms with Gasteiger partial charge in [0.15, 0.2) is 0 Å². The van der Waals surface area contributed by atoms with Gasteiger partial charge in [-0.3, -0.25) is 0 Å². The Labute approximate surface area is 189 Å². The van der Waals surface area contributed by atoms with Crippen molar-refractivity contribution in [3.05, 3.63) is 70.0 Å². The van der Waals surface area contributed by atoms with Crippen LogP contribution in [0.15, 0.2) is 47.4 Å². The van der Waals surface area contributed by atoms with E-state index in [2.05, 4.69) is 42.0 Å². The molecule has 0 radical (unpaired) electrons. The van der Waals surface area contributed by atoms with Gasteiger partial charge in [-0.05, 0) is 69.2 Å². The standard InChI is InChI=1S/C23H27ClN4O2S/c1-16-6-5-7-22(17(16)2)26-12-14-27(15-13-26)31(29,30)23-18(3)25-28(19(23)4)21-10-8-20(24)9-11-21/h5-11H,12-15H2,1-4H3. The Morgan fingerprint density at radius 1 is 0.903 bits per heavy atom. The largest absolute Gasteiger partial charge is 0.369 e. The first-order chi connectivity index (χ1) is 14.7. The summed E-state index contributed by atoms with van der Waals surface area (Å²) in [5.74, 6) is 0. The number of aromatic nitrogens is 2. The number of benzene rings is 2. The van der Waals surface area contributed by atoms with E-state index in [4.69, 9.17) is 11.6 Å². The zero-order chi connectivity index (χ0) is 22.3. The molecule has 164 valence electrons. The number of sulfonamides is 1. The van der Waals surface area contributed by atoms with E-state index < -0.39 is 10.0 Å². The summed E-state index contributed by atoms with van der Waals surface area (Å²) in [6, 6.07) is 13.5. The van der Waals surface area contributed by atoms with E-state index in [0.717, 1.165) is 5.69 Å². The van der Waals surface area contributed by atoms with Gasteiger partial charge in [0.1, 0.15) is 4.90 Å². The number of rotatable bonds is 4. The predicted molar refractivity (Wildman–Crippen MR) is 125 cm³/mol. The van der Waals surface area contributed by atoms with Crippen molar-refractivity contribution in [2.45, 2.75) is 32.6 Å². The Balaban J connectivity index is 1.59. The first-order valence-corrected chi connectivity index (χ1v) is 12.2. The van der Waals surface area contributed by atoms with E-state index >= 15 is 0 Å². The molecule has 0 amide bonds. The molecule has 31 heavy (non-hydrogen) atoms. The van der Waals surface area contributed by atoms with E-state index in [1.807, 2.05) is 12.1 Å². The number of piperazine rings is 1. The minimum atomic E-state index is -3.65. The summed E-state index contributed by atoms with van der Waals surface area (Å²) in [6.07, 6.45) is 0. The third kappa shape index (κ3) is 3.97. The van der Waals surface area contributed by atoms with Crippen molar-refractivity contribution < 1.29 is 8.42 Å². The molecule has 1 aliphatic rings. The fourth-order valence-electron chi connectivity index (χ4n) is 4.21. The minimum Gasteiger partial charge on any atom is -0.369 e. The van der Waals surface area contributed by atoms with Gasteiger partial charge in [-0.1, -0.05) is 23.7 Å². The Morgan fingerprint density at radius 3 is 2.19 bits per heavy atom. The normalized spacial score (nSPS) is 15.5. The van der Waals surface area contributed by atoms with Gasteiger partial charge in [0.05, 0.1) is 17.1 Å². The highest BCUT2D eigenvalue weighted by molar-refractivity contribution is 7.89. The smallest absolute Gasteiger partial charge is 0.246 e. The molecule has 0 N–H and O–H groups in total. The lowest BCUT2D eigenvalue weighted by Crippen LogP contribution is -2.49. The van der Waals surface area contributed by atoms with Gasteiger partial charge in [-0.2, -0.15) is 9.40 Å². The number of nitrogens with zero attached hydrogens (tertiary/aromatic N) is 4. The first-order valence-electron chi connectivity index (χ1n) is 10.3. The van der Waals surface area contributed by atoms with Crippen LogP contribution >= 0.6 is 11.6 Å². The molecule has 3 aromatic rings. The third-order valence-corrected chi connectivity index (χ3v) is 8.45. The second-order valence-electron chi connectivity index (χ2n) is 8.00. The van der Waals surface area contributed by atoms with Crippen LogP contribution in [0.25, 0.3) is 5.69 Å². The Kier molecular flexibility index (Phi) is 5.85. The summed E-state index contributed by atoms with van der Waals surface area (Å²) in [7, 11) is -3.65. The quantitative estimate of drug-likeness (QED) is 0.585. The molecular weight excluding hydrogens is 432 g/mol. The maximum absolute atomic E-state index is 13.5. The second kappa shape index (κ2) is 8.30. The summed E-state index contributed by atoms with van der Waals surface area (Å²) in [5.41, 5.74) is 5.57. The lowest BCUT2D eigenvalue weighted by molar-refractivity contribution is 0.384. The molecule has 8 heteroatoms. The van der Waals surface area contributed by atoms with E-state index in [9.17, 15) is 8.42 Å². The van der Waals surface area contributed by atoms with Gasteiger partial charge in [-0.15, -0.1) is 0 Å². The molecule has 1 fully saturated rings. The van der Waals surface area contributed by atoms with Crippen LogP contribution in [0.3, 0.4) is 0 Å². The van der Waals surface area contributed by atoms with Crippen LogP contribution in [0.1, 0.15) is 22.5 Å². The van der Waals surface area contributed by atoms with Crippen molar-refractivity contribution in [3.63, 3.8) is 0 Å². The summed E-state index contributed by atoms with van der Waals surface area (Å²) in [4.78, 5) is 2.56. The summed E-state index contributed by atoms with van der Waals surface area (Å²) >= 11 is 5.99. The SMILES string of the molecule is Cc1cccc(N2CCN(S(=O)(=O)c3c(C)nn(-c4ccc(Cl)cc4)c3C)CC2)c1C. The molecule has 0 atom stereocenters. The van der Waals surface area contributed by atoms with Gasteiger partial charge >= 0.3 is 0 Å². The molecule has 0 spiro atoms. The number of halogens is 1. The predicted octanol–water partition coefficient (Wildman–Crippen LogP) is 4.27. The Hall–Kier alpha value is -2.35. The highest BCUT2D eigenvalue weighted by Crippen LogP contribution is 2.29. The van der Waals surface area contributed by atoms with Crippen LogP contribution in [0, 0.1) is 27.7 Å². The number of hydrogen-bond acceptors (Lipinski definition) is 4. The summed E-state index contributed by atoms with van der Waals surface area (Å²) in [5, 5.41) is 5.14. The third-order valence-electron chi connectivity index (χ3n) is 6.05. The van der Waals surface area contributed by atoms with Crippen LogP contribution in [-0.2, 0) is 10.0 Å². The molecule has 1 aliphatic heterocycles. The topological polar surface area (TPSA) is 58.4 Å². The van der Waals surface area contributed by atoms with Crippen molar-refractivity contribution in [1.29, 1.82) is 0 Å². The maximum Gasteiger partial charge on any atom is 0.246 e. The van der Waals surface area contributed by atoms with E-state index in [1.165, 1.54) is 16.8 Å². The number of hydrogen-bond donors (Lipinski definition) is 0. The molecule has 0 bridgehead atoms. The molecule has 1 aromatic heterocycles. The molecule has 2 heterocycles. The van der Waals surface area contributed by atoms with Gasteiger partial charge in [-0.25, -0.2) is 13.1 Å². The fraction of sp³-hybridized carbons (Fsp3) is 0.348. The van der Waals surface area contributed by atoms with Crippen molar-refractivity contribution in [2.75, 3.05) is 31.1 Å². The fourth-order valence-corrected chi connectivity index (χ4v) is 6.11. The van der Waals surface area contributed by atoms with Crippen LogP contribution in [0.5, 0.6) is 0 Å². The van der Waals surface area contributed by atoms with Crippen molar-refractivity contribution in [1.82, 2.24) is 14.1 Å². The summed E-state index contributed by atoms with van der Waals surface area (Å²) in [6.45, 7) is 9.98. The maximum atomic E-state index is 13.5. The number of aryl methyl sites for hydroxylation is 2. The first kappa shape index (κ1) is 21.9. The highest BCUT2D eigenvalue weighted by atomic mass is 35.5. The average molecular weight is 459 g/mol. The highest BCUT2D eigenvalue weighted by Gasteiger charge is 2.33. The lowest BCUT2D eigenvalue weighted by atomic mass is 10.1. The molecule has 2 aromatic carbocycles. The molecule has 1 saturated heterocycles. The second-order valence-corrected chi connectivity index (χ2v) is 10.3.